The lowest BCUT2D eigenvalue weighted by molar-refractivity contribution is -0.192. The van der Waals surface area contributed by atoms with E-state index in [2.05, 4.69) is 10.00 Å². The van der Waals surface area contributed by atoms with Crippen LogP contribution in [0.15, 0.2) is 29.3 Å². The van der Waals surface area contributed by atoms with Crippen molar-refractivity contribution in [1.82, 2.24) is 24.1 Å². The maximum atomic E-state index is 12.3. The standard InChI is InChI=1S/C18H25N5O2.C2HF3O2/c1-20(2)18(25)13-23-16-7-9-22(12-14-10-19-21(3)11-14)8-6-15(16)4-5-17(23)24;3-2(4,5)1(6)7/h4-5,10-11H,6-9,12-13H2,1-3H3;(H,6,7). The predicted octanol–water partition coefficient (Wildman–Crippen LogP) is 0.904. The summed E-state index contributed by atoms with van der Waals surface area (Å²) in [7, 11) is 5.34. The van der Waals surface area contributed by atoms with E-state index >= 15 is 0 Å². The molecule has 2 aromatic heterocycles. The first-order chi connectivity index (χ1) is 14.9. The molecule has 1 aliphatic heterocycles. The number of aromatic nitrogens is 3. The van der Waals surface area contributed by atoms with Crippen molar-refractivity contribution in [3.05, 3.63) is 51.7 Å². The van der Waals surface area contributed by atoms with Gasteiger partial charge in [0.2, 0.25) is 5.91 Å². The van der Waals surface area contributed by atoms with Crippen LogP contribution in [-0.2, 0) is 42.6 Å². The van der Waals surface area contributed by atoms with Crippen LogP contribution >= 0.6 is 0 Å². The Balaban J connectivity index is 0.000000451. The molecular formula is C20H26F3N5O4. The smallest absolute Gasteiger partial charge is 0.475 e. The highest BCUT2D eigenvalue weighted by Crippen LogP contribution is 2.16. The Morgan fingerprint density at radius 3 is 2.34 bits per heavy atom. The molecule has 1 amide bonds. The molecule has 12 heteroatoms. The zero-order chi connectivity index (χ0) is 24.1. The number of hydrogen-bond donors (Lipinski definition) is 1. The number of halogens is 3. The number of carbonyl (C=O) groups excluding carboxylic acids is 1. The highest BCUT2D eigenvalue weighted by Gasteiger charge is 2.38. The van der Waals surface area contributed by atoms with Crippen molar-refractivity contribution < 1.29 is 27.9 Å². The van der Waals surface area contributed by atoms with Crippen molar-refractivity contribution in [3.63, 3.8) is 0 Å². The van der Waals surface area contributed by atoms with Crippen LogP contribution in [0.5, 0.6) is 0 Å². The number of nitrogens with zero attached hydrogens (tertiary/aromatic N) is 5. The summed E-state index contributed by atoms with van der Waals surface area (Å²) in [5, 5.41) is 11.3. The molecule has 0 aliphatic carbocycles. The van der Waals surface area contributed by atoms with E-state index in [1.807, 2.05) is 30.2 Å². The van der Waals surface area contributed by atoms with E-state index < -0.39 is 12.1 Å². The van der Waals surface area contributed by atoms with E-state index in [0.717, 1.165) is 38.2 Å². The second-order valence-electron chi connectivity index (χ2n) is 7.62. The molecule has 0 fully saturated rings. The summed E-state index contributed by atoms with van der Waals surface area (Å²) in [5.74, 6) is -2.82. The average molecular weight is 457 g/mol. The molecule has 32 heavy (non-hydrogen) atoms. The molecule has 3 heterocycles. The average Bonchev–Trinajstić information content (AvgIpc) is 2.99. The van der Waals surface area contributed by atoms with E-state index in [4.69, 9.17) is 9.90 Å². The van der Waals surface area contributed by atoms with Crippen molar-refractivity contribution >= 4 is 11.9 Å². The molecule has 0 saturated heterocycles. The highest BCUT2D eigenvalue weighted by atomic mass is 19.4. The third-order valence-electron chi connectivity index (χ3n) is 4.95. The van der Waals surface area contributed by atoms with Gasteiger partial charge in [-0.15, -0.1) is 0 Å². The minimum absolute atomic E-state index is 0.0630. The van der Waals surface area contributed by atoms with Gasteiger partial charge in [-0.25, -0.2) is 4.79 Å². The molecule has 176 valence electrons. The maximum Gasteiger partial charge on any atom is 0.490 e. The van der Waals surface area contributed by atoms with Gasteiger partial charge in [-0.2, -0.15) is 18.3 Å². The topological polar surface area (TPSA) is 101 Å². The molecular weight excluding hydrogens is 431 g/mol. The Morgan fingerprint density at radius 2 is 1.81 bits per heavy atom. The van der Waals surface area contributed by atoms with Crippen LogP contribution in [0.3, 0.4) is 0 Å². The molecule has 0 bridgehead atoms. The third kappa shape index (κ3) is 6.94. The molecule has 0 unspecified atom stereocenters. The molecule has 2 aromatic rings. The lowest BCUT2D eigenvalue weighted by Gasteiger charge is -2.19. The lowest BCUT2D eigenvalue weighted by atomic mass is 10.1. The van der Waals surface area contributed by atoms with Crippen molar-refractivity contribution in [2.75, 3.05) is 27.2 Å². The summed E-state index contributed by atoms with van der Waals surface area (Å²) >= 11 is 0. The van der Waals surface area contributed by atoms with Crippen LogP contribution in [0.25, 0.3) is 0 Å². The number of pyridine rings is 1. The number of aryl methyl sites for hydroxylation is 1. The molecule has 9 nitrogen and oxygen atoms in total. The summed E-state index contributed by atoms with van der Waals surface area (Å²) in [6.45, 7) is 2.75. The molecule has 0 radical (unpaired) electrons. The Hall–Kier alpha value is -3.15. The number of amides is 1. The van der Waals surface area contributed by atoms with E-state index in [-0.39, 0.29) is 18.0 Å². The van der Waals surface area contributed by atoms with Gasteiger partial charge in [-0.1, -0.05) is 6.07 Å². The maximum absolute atomic E-state index is 12.3. The number of aliphatic carboxylic acids is 1. The van der Waals surface area contributed by atoms with Gasteiger partial charge in [-0.3, -0.25) is 19.2 Å². The number of carboxylic acids is 1. The van der Waals surface area contributed by atoms with Gasteiger partial charge >= 0.3 is 12.1 Å². The van der Waals surface area contributed by atoms with Gasteiger partial charge in [-0.05, 0) is 12.0 Å². The SMILES string of the molecule is CN(C)C(=O)Cn1c2c(ccc1=O)CCN(Cc1cnn(C)c1)CC2.O=C(O)C(F)(F)F. The summed E-state index contributed by atoms with van der Waals surface area (Å²) in [6, 6.07) is 3.50. The van der Waals surface area contributed by atoms with E-state index in [1.54, 1.807) is 24.7 Å². The zero-order valence-corrected chi connectivity index (χ0v) is 18.1. The Bertz CT molecular complexity index is 1010. The van der Waals surface area contributed by atoms with Gasteiger partial charge in [0, 0.05) is 70.7 Å². The van der Waals surface area contributed by atoms with E-state index in [1.165, 1.54) is 16.0 Å². The number of fused-ring (bicyclic) bond motifs is 1. The highest BCUT2D eigenvalue weighted by molar-refractivity contribution is 5.75. The third-order valence-corrected chi connectivity index (χ3v) is 4.95. The lowest BCUT2D eigenvalue weighted by Crippen LogP contribution is -2.33. The number of carbonyl (C=O) groups is 2. The molecule has 0 saturated carbocycles. The summed E-state index contributed by atoms with van der Waals surface area (Å²) in [6.07, 6.45) is 0.492. The quantitative estimate of drug-likeness (QED) is 0.733. The van der Waals surface area contributed by atoms with Crippen molar-refractivity contribution in [2.45, 2.75) is 32.1 Å². The van der Waals surface area contributed by atoms with Crippen LogP contribution < -0.4 is 5.56 Å². The van der Waals surface area contributed by atoms with Crippen LogP contribution in [0.1, 0.15) is 16.8 Å². The molecule has 0 aromatic carbocycles. The van der Waals surface area contributed by atoms with Crippen LogP contribution in [0.4, 0.5) is 13.2 Å². The number of likely N-dealkylation sites (N-methyl/N-ethyl adjacent to an activating group) is 1. The number of hydrogen-bond acceptors (Lipinski definition) is 5. The first-order valence-corrected chi connectivity index (χ1v) is 9.80. The number of alkyl halides is 3. The van der Waals surface area contributed by atoms with Gasteiger partial charge in [0.15, 0.2) is 0 Å². The summed E-state index contributed by atoms with van der Waals surface area (Å²) in [4.78, 5) is 37.2. The Morgan fingerprint density at radius 1 is 1.19 bits per heavy atom. The van der Waals surface area contributed by atoms with Crippen LogP contribution in [-0.4, -0.2) is 74.5 Å². The van der Waals surface area contributed by atoms with E-state index in [9.17, 15) is 22.8 Å². The van der Waals surface area contributed by atoms with Crippen LogP contribution in [0.2, 0.25) is 0 Å². The Kier molecular flexibility index (Phi) is 8.19. The number of carboxylic acid groups (broad SMARTS) is 1. The fourth-order valence-electron chi connectivity index (χ4n) is 3.26. The van der Waals surface area contributed by atoms with Gasteiger partial charge in [0.1, 0.15) is 6.54 Å². The second-order valence-corrected chi connectivity index (χ2v) is 7.62. The van der Waals surface area contributed by atoms with Crippen molar-refractivity contribution in [3.8, 4) is 0 Å². The van der Waals surface area contributed by atoms with Crippen molar-refractivity contribution in [1.29, 1.82) is 0 Å². The van der Waals surface area contributed by atoms with Crippen molar-refractivity contribution in [2.24, 2.45) is 7.05 Å². The fourth-order valence-corrected chi connectivity index (χ4v) is 3.26. The minimum atomic E-state index is -5.08. The van der Waals surface area contributed by atoms with E-state index in [0.29, 0.717) is 0 Å². The van der Waals surface area contributed by atoms with Gasteiger partial charge in [0.05, 0.1) is 6.20 Å². The monoisotopic (exact) mass is 457 g/mol. The second kappa shape index (κ2) is 10.4. The first-order valence-electron chi connectivity index (χ1n) is 9.80. The van der Waals surface area contributed by atoms with Gasteiger partial charge in [0.25, 0.3) is 5.56 Å². The molecule has 1 N–H and O–H groups in total. The zero-order valence-electron chi connectivity index (χ0n) is 18.1. The largest absolute Gasteiger partial charge is 0.490 e. The predicted molar refractivity (Wildman–Crippen MR) is 109 cm³/mol. The molecule has 0 spiro atoms. The summed E-state index contributed by atoms with van der Waals surface area (Å²) < 4.78 is 35.2. The fraction of sp³-hybridized carbons (Fsp3) is 0.500. The normalized spacial score (nSPS) is 14.1. The van der Waals surface area contributed by atoms with Gasteiger partial charge < -0.3 is 14.6 Å². The first kappa shape index (κ1) is 25.1. The Labute approximate surface area is 182 Å². The molecule has 0 atom stereocenters. The summed E-state index contributed by atoms with van der Waals surface area (Å²) in [5.41, 5.74) is 3.25. The van der Waals surface area contributed by atoms with Crippen LogP contribution in [0, 0.1) is 0 Å². The number of rotatable bonds is 4. The molecule has 3 rings (SSSR count). The minimum Gasteiger partial charge on any atom is -0.475 e. The molecule has 1 aliphatic rings.